The summed E-state index contributed by atoms with van der Waals surface area (Å²) in [4.78, 5) is 58.7. The summed E-state index contributed by atoms with van der Waals surface area (Å²) in [6.07, 6.45) is -0.806. The van der Waals surface area contributed by atoms with Gasteiger partial charge in [0, 0.05) is 24.1 Å². The Hall–Kier alpha value is -4.93. The van der Waals surface area contributed by atoms with Gasteiger partial charge in [0.05, 0.1) is 34.3 Å². The molecule has 0 spiro atoms. The standard InChI is InChI=1S/C25H21N3O8/c29-23(26-22(15-24(30)31)17-9-5-2-6-10-17)14-21(16-7-3-1-4-8-16)25(32)18-11-19(27(33)34)13-20(12-18)28(35)36/h1-13,21-22H,14-15H2,(H,26,29)(H,30,31)/t21-,22-/m0/s1. The first-order valence-corrected chi connectivity index (χ1v) is 10.7. The van der Waals surface area contributed by atoms with Crippen molar-refractivity contribution in [2.45, 2.75) is 24.8 Å². The highest BCUT2D eigenvalue weighted by Crippen LogP contribution is 2.30. The number of carboxylic acid groups (broad SMARTS) is 1. The number of nitrogens with one attached hydrogen (secondary N) is 1. The van der Waals surface area contributed by atoms with Gasteiger partial charge >= 0.3 is 5.97 Å². The molecule has 3 aromatic carbocycles. The molecule has 0 saturated heterocycles. The maximum Gasteiger partial charge on any atom is 0.305 e. The van der Waals surface area contributed by atoms with Gasteiger partial charge in [0.2, 0.25) is 5.91 Å². The number of nitro benzene ring substituents is 2. The van der Waals surface area contributed by atoms with E-state index >= 15 is 0 Å². The van der Waals surface area contributed by atoms with Crippen molar-refractivity contribution in [3.05, 3.63) is 116 Å². The van der Waals surface area contributed by atoms with Crippen molar-refractivity contribution in [1.29, 1.82) is 0 Å². The third kappa shape index (κ3) is 6.56. The number of rotatable bonds is 11. The molecule has 11 nitrogen and oxygen atoms in total. The van der Waals surface area contributed by atoms with Crippen LogP contribution in [0.4, 0.5) is 11.4 Å². The largest absolute Gasteiger partial charge is 0.481 e. The molecule has 0 unspecified atom stereocenters. The predicted octanol–water partition coefficient (Wildman–Crippen LogP) is 4.19. The number of hydrogen-bond donors (Lipinski definition) is 2. The first-order chi connectivity index (χ1) is 17.2. The number of carboxylic acids is 1. The van der Waals surface area contributed by atoms with E-state index in [9.17, 15) is 39.7 Å². The molecule has 3 rings (SSSR count). The van der Waals surface area contributed by atoms with Crippen molar-refractivity contribution < 1.29 is 29.3 Å². The minimum atomic E-state index is -1.14. The number of nitro groups is 2. The minimum Gasteiger partial charge on any atom is -0.481 e. The van der Waals surface area contributed by atoms with E-state index in [0.29, 0.717) is 11.1 Å². The topological polar surface area (TPSA) is 170 Å². The van der Waals surface area contributed by atoms with Crippen LogP contribution >= 0.6 is 0 Å². The van der Waals surface area contributed by atoms with Crippen LogP contribution in [-0.2, 0) is 9.59 Å². The van der Waals surface area contributed by atoms with E-state index < -0.39 is 63.7 Å². The van der Waals surface area contributed by atoms with Crippen LogP contribution in [-0.4, -0.2) is 32.6 Å². The van der Waals surface area contributed by atoms with Gasteiger partial charge in [-0.25, -0.2) is 0 Å². The molecule has 2 N–H and O–H groups in total. The fourth-order valence-electron chi connectivity index (χ4n) is 3.75. The average Bonchev–Trinajstić information content (AvgIpc) is 2.87. The molecule has 0 aliphatic carbocycles. The lowest BCUT2D eigenvalue weighted by molar-refractivity contribution is -0.394. The van der Waals surface area contributed by atoms with Crippen molar-refractivity contribution >= 4 is 29.0 Å². The lowest BCUT2D eigenvalue weighted by atomic mass is 9.87. The fourth-order valence-corrected chi connectivity index (χ4v) is 3.75. The van der Waals surface area contributed by atoms with E-state index in [1.54, 1.807) is 60.7 Å². The molecule has 0 bridgehead atoms. The normalized spacial score (nSPS) is 12.2. The maximum absolute atomic E-state index is 13.4. The third-order valence-electron chi connectivity index (χ3n) is 5.43. The first kappa shape index (κ1) is 25.7. The highest BCUT2D eigenvalue weighted by atomic mass is 16.6. The second kappa shape index (κ2) is 11.5. The summed E-state index contributed by atoms with van der Waals surface area (Å²) >= 11 is 0. The van der Waals surface area contributed by atoms with E-state index in [-0.39, 0.29) is 5.56 Å². The van der Waals surface area contributed by atoms with Gasteiger partial charge in [-0.2, -0.15) is 0 Å². The van der Waals surface area contributed by atoms with Crippen molar-refractivity contribution in [2.24, 2.45) is 0 Å². The van der Waals surface area contributed by atoms with Crippen molar-refractivity contribution in [3.8, 4) is 0 Å². The molecular formula is C25H21N3O8. The Morgan fingerprint density at radius 1 is 0.778 bits per heavy atom. The number of carbonyl (C=O) groups is 3. The average molecular weight is 491 g/mol. The second-order valence-electron chi connectivity index (χ2n) is 7.91. The molecule has 3 aromatic rings. The molecule has 0 aliphatic heterocycles. The summed E-state index contributed by atoms with van der Waals surface area (Å²) in [6, 6.07) is 18.4. The van der Waals surface area contributed by atoms with Crippen LogP contribution < -0.4 is 5.32 Å². The highest BCUT2D eigenvalue weighted by molar-refractivity contribution is 6.04. The van der Waals surface area contributed by atoms with E-state index in [4.69, 9.17) is 0 Å². The summed E-state index contributed by atoms with van der Waals surface area (Å²) in [5, 5.41) is 34.5. The van der Waals surface area contributed by atoms with Gasteiger partial charge in [-0.1, -0.05) is 60.7 Å². The Balaban J connectivity index is 1.94. The Kier molecular flexibility index (Phi) is 8.18. The molecule has 184 valence electrons. The second-order valence-corrected chi connectivity index (χ2v) is 7.91. The third-order valence-corrected chi connectivity index (χ3v) is 5.43. The number of non-ortho nitro benzene ring substituents is 2. The highest BCUT2D eigenvalue weighted by Gasteiger charge is 2.29. The summed E-state index contributed by atoms with van der Waals surface area (Å²) in [7, 11) is 0. The molecular weight excluding hydrogens is 470 g/mol. The van der Waals surface area contributed by atoms with Crippen LogP contribution in [0.1, 0.15) is 46.3 Å². The Labute approximate surface area is 204 Å². The van der Waals surface area contributed by atoms with Gasteiger partial charge in [0.1, 0.15) is 0 Å². The lowest BCUT2D eigenvalue weighted by Crippen LogP contribution is -2.32. The van der Waals surface area contributed by atoms with E-state index in [1.807, 2.05) is 0 Å². The van der Waals surface area contributed by atoms with Gasteiger partial charge in [-0.05, 0) is 11.1 Å². The van der Waals surface area contributed by atoms with E-state index in [0.717, 1.165) is 18.2 Å². The monoisotopic (exact) mass is 491 g/mol. The SMILES string of the molecule is O=C(O)C[C@H](NC(=O)C[C@H](C(=O)c1cc([N+](=O)[O-])cc([N+](=O)[O-])c1)c1ccccc1)c1ccccc1. The summed E-state index contributed by atoms with van der Waals surface area (Å²) in [5.74, 6) is -3.62. The quantitative estimate of drug-likeness (QED) is 0.228. The molecule has 0 fully saturated rings. The van der Waals surface area contributed by atoms with Crippen molar-refractivity contribution in [1.82, 2.24) is 5.32 Å². The molecule has 2 atom stereocenters. The Morgan fingerprint density at radius 3 is 1.75 bits per heavy atom. The first-order valence-electron chi connectivity index (χ1n) is 10.7. The Morgan fingerprint density at radius 2 is 1.28 bits per heavy atom. The van der Waals surface area contributed by atoms with Crippen LogP contribution in [0.5, 0.6) is 0 Å². The molecule has 11 heteroatoms. The number of amides is 1. The maximum atomic E-state index is 13.4. The number of aliphatic carboxylic acids is 1. The Bertz CT molecular complexity index is 1260. The van der Waals surface area contributed by atoms with Gasteiger partial charge < -0.3 is 10.4 Å². The number of nitrogens with zero attached hydrogens (tertiary/aromatic N) is 2. The fraction of sp³-hybridized carbons (Fsp3) is 0.160. The summed E-state index contributed by atoms with van der Waals surface area (Å²) in [5.41, 5.74) is -0.571. The number of Topliss-reactive ketones (excluding diaryl/α,β-unsaturated/α-hetero) is 1. The van der Waals surface area contributed by atoms with Gasteiger partial charge in [-0.15, -0.1) is 0 Å². The molecule has 36 heavy (non-hydrogen) atoms. The number of carbonyl (C=O) groups excluding carboxylic acids is 2. The van der Waals surface area contributed by atoms with Crippen molar-refractivity contribution in [2.75, 3.05) is 0 Å². The van der Waals surface area contributed by atoms with Gasteiger partial charge in [0.25, 0.3) is 11.4 Å². The molecule has 0 aliphatic rings. The van der Waals surface area contributed by atoms with Crippen LogP contribution in [0.15, 0.2) is 78.9 Å². The lowest BCUT2D eigenvalue weighted by Gasteiger charge is -2.20. The van der Waals surface area contributed by atoms with Gasteiger partial charge in [-0.3, -0.25) is 34.6 Å². The summed E-state index contributed by atoms with van der Waals surface area (Å²) < 4.78 is 0. The zero-order chi connectivity index (χ0) is 26.2. The molecule has 0 radical (unpaired) electrons. The molecule has 0 heterocycles. The van der Waals surface area contributed by atoms with E-state index in [1.165, 1.54) is 0 Å². The van der Waals surface area contributed by atoms with Crippen LogP contribution in [0, 0.1) is 20.2 Å². The number of ketones is 1. The summed E-state index contributed by atoms with van der Waals surface area (Å²) in [6.45, 7) is 0. The van der Waals surface area contributed by atoms with Gasteiger partial charge in [0.15, 0.2) is 5.78 Å². The molecule has 0 aromatic heterocycles. The predicted molar refractivity (Wildman–Crippen MR) is 127 cm³/mol. The zero-order valence-corrected chi connectivity index (χ0v) is 18.8. The van der Waals surface area contributed by atoms with Crippen LogP contribution in [0.25, 0.3) is 0 Å². The van der Waals surface area contributed by atoms with Crippen molar-refractivity contribution in [3.63, 3.8) is 0 Å². The number of benzene rings is 3. The molecule has 0 saturated carbocycles. The smallest absolute Gasteiger partial charge is 0.305 e. The molecule has 1 amide bonds. The minimum absolute atomic E-state index is 0.289. The zero-order valence-electron chi connectivity index (χ0n) is 18.8. The van der Waals surface area contributed by atoms with E-state index in [2.05, 4.69) is 5.32 Å². The van der Waals surface area contributed by atoms with Crippen LogP contribution in [0.3, 0.4) is 0 Å². The van der Waals surface area contributed by atoms with Crippen LogP contribution in [0.2, 0.25) is 0 Å². The number of hydrogen-bond acceptors (Lipinski definition) is 7.